The highest BCUT2D eigenvalue weighted by atomic mass is 32.2. The van der Waals surface area contributed by atoms with Gasteiger partial charge in [0, 0.05) is 6.54 Å². The second-order valence-corrected chi connectivity index (χ2v) is 8.13. The fourth-order valence-electron chi connectivity index (χ4n) is 2.82. The molecule has 1 N–H and O–H groups in total. The zero-order chi connectivity index (χ0) is 19.9. The van der Waals surface area contributed by atoms with Gasteiger partial charge in [-0.1, -0.05) is 43.3 Å². The number of amides is 1. The molecule has 2 aromatic rings. The van der Waals surface area contributed by atoms with Crippen LogP contribution in [0.2, 0.25) is 0 Å². The predicted octanol–water partition coefficient (Wildman–Crippen LogP) is 2.52. The third-order valence-electron chi connectivity index (χ3n) is 4.10. The summed E-state index contributed by atoms with van der Waals surface area (Å²) < 4.78 is 31.4. The van der Waals surface area contributed by atoms with Crippen LogP contribution < -0.4 is 14.4 Å². The minimum absolute atomic E-state index is 0.118. The van der Waals surface area contributed by atoms with Crippen molar-refractivity contribution >= 4 is 21.6 Å². The maximum Gasteiger partial charge on any atom is 0.258 e. The Kier molecular flexibility index (Phi) is 7.24. The summed E-state index contributed by atoms with van der Waals surface area (Å²) in [5.74, 6) is 0.311. The van der Waals surface area contributed by atoms with Crippen molar-refractivity contribution in [3.8, 4) is 5.75 Å². The highest BCUT2D eigenvalue weighted by Crippen LogP contribution is 2.27. The van der Waals surface area contributed by atoms with Gasteiger partial charge < -0.3 is 10.1 Å². The zero-order valence-corrected chi connectivity index (χ0v) is 16.8. The molecule has 0 heterocycles. The second-order valence-electron chi connectivity index (χ2n) is 6.22. The Balaban J connectivity index is 1.99. The van der Waals surface area contributed by atoms with Crippen LogP contribution in [0.1, 0.15) is 18.1 Å². The number of carbonyl (C=O) groups excluding carboxylic acids is 1. The topological polar surface area (TPSA) is 75.7 Å². The van der Waals surface area contributed by atoms with E-state index in [0.717, 1.165) is 17.5 Å². The van der Waals surface area contributed by atoms with Crippen LogP contribution in [0.25, 0.3) is 0 Å². The molecule has 27 heavy (non-hydrogen) atoms. The lowest BCUT2D eigenvalue weighted by molar-refractivity contribution is -0.123. The van der Waals surface area contributed by atoms with Gasteiger partial charge in [-0.3, -0.25) is 9.10 Å². The molecule has 0 unspecified atom stereocenters. The molecule has 0 aliphatic carbocycles. The molecule has 0 atom stereocenters. The van der Waals surface area contributed by atoms with Crippen molar-refractivity contribution in [2.75, 3.05) is 30.3 Å². The summed E-state index contributed by atoms with van der Waals surface area (Å²) in [5, 5.41) is 2.71. The van der Waals surface area contributed by atoms with Gasteiger partial charge in [0.2, 0.25) is 10.0 Å². The molecule has 7 heteroatoms. The van der Waals surface area contributed by atoms with Crippen LogP contribution in [-0.4, -0.2) is 40.3 Å². The van der Waals surface area contributed by atoms with E-state index in [9.17, 15) is 13.2 Å². The molecule has 0 aliphatic rings. The first kappa shape index (κ1) is 20.8. The van der Waals surface area contributed by atoms with Crippen molar-refractivity contribution in [3.63, 3.8) is 0 Å². The number of benzene rings is 2. The summed E-state index contributed by atoms with van der Waals surface area (Å²) in [4.78, 5) is 12.0. The van der Waals surface area contributed by atoms with Crippen LogP contribution in [-0.2, 0) is 21.2 Å². The maximum atomic E-state index is 12.3. The minimum Gasteiger partial charge on any atom is -0.484 e. The molecule has 6 nitrogen and oxygen atoms in total. The molecular formula is C20H26N2O4S. The molecule has 0 radical (unpaired) electrons. The SMILES string of the molecule is CCc1cccc(C)c1N(CCNC(=O)COc1ccccc1)S(C)(=O)=O. The van der Waals surface area contributed by atoms with Crippen LogP contribution in [0, 0.1) is 6.92 Å². The van der Waals surface area contributed by atoms with Crippen molar-refractivity contribution in [2.45, 2.75) is 20.3 Å². The maximum absolute atomic E-state index is 12.3. The largest absolute Gasteiger partial charge is 0.484 e. The number of para-hydroxylation sites is 2. The Hall–Kier alpha value is -2.54. The molecular weight excluding hydrogens is 364 g/mol. The van der Waals surface area contributed by atoms with Crippen molar-refractivity contribution < 1.29 is 17.9 Å². The highest BCUT2D eigenvalue weighted by Gasteiger charge is 2.21. The average Bonchev–Trinajstić information content (AvgIpc) is 2.64. The Morgan fingerprint density at radius 1 is 1.11 bits per heavy atom. The van der Waals surface area contributed by atoms with Gasteiger partial charge in [0.25, 0.3) is 5.91 Å². The summed E-state index contributed by atoms with van der Waals surface area (Å²) in [6.45, 7) is 4.11. The monoisotopic (exact) mass is 390 g/mol. The van der Waals surface area contributed by atoms with E-state index in [0.29, 0.717) is 11.4 Å². The van der Waals surface area contributed by atoms with Crippen LogP contribution in [0.4, 0.5) is 5.69 Å². The number of sulfonamides is 1. The number of nitrogens with zero attached hydrogens (tertiary/aromatic N) is 1. The molecule has 0 fully saturated rings. The Labute approximate surface area is 161 Å². The van der Waals surface area contributed by atoms with Crippen LogP contribution in [0.15, 0.2) is 48.5 Å². The first-order valence-corrected chi connectivity index (χ1v) is 10.7. The molecule has 0 bridgehead atoms. The van der Waals surface area contributed by atoms with Crippen molar-refractivity contribution in [1.29, 1.82) is 0 Å². The van der Waals surface area contributed by atoms with E-state index in [1.807, 2.05) is 50.2 Å². The Morgan fingerprint density at radius 2 is 1.81 bits per heavy atom. The number of anilines is 1. The fraction of sp³-hybridized carbons (Fsp3) is 0.350. The lowest BCUT2D eigenvalue weighted by atomic mass is 10.1. The van der Waals surface area contributed by atoms with Crippen LogP contribution >= 0.6 is 0 Å². The van der Waals surface area contributed by atoms with Crippen molar-refractivity contribution in [1.82, 2.24) is 5.32 Å². The number of rotatable bonds is 9. The van der Waals surface area contributed by atoms with E-state index in [1.54, 1.807) is 12.1 Å². The third-order valence-corrected chi connectivity index (χ3v) is 5.27. The highest BCUT2D eigenvalue weighted by molar-refractivity contribution is 7.92. The number of hydrogen-bond acceptors (Lipinski definition) is 4. The van der Waals surface area contributed by atoms with Gasteiger partial charge in [-0.05, 0) is 36.6 Å². The summed E-state index contributed by atoms with van der Waals surface area (Å²) >= 11 is 0. The second kappa shape index (κ2) is 9.41. The van der Waals surface area contributed by atoms with E-state index >= 15 is 0 Å². The van der Waals surface area contributed by atoms with Gasteiger partial charge in [0.05, 0.1) is 18.5 Å². The molecule has 2 aromatic carbocycles. The molecule has 2 rings (SSSR count). The van der Waals surface area contributed by atoms with E-state index in [1.165, 1.54) is 10.6 Å². The van der Waals surface area contributed by atoms with Crippen molar-refractivity contribution in [2.24, 2.45) is 0 Å². The minimum atomic E-state index is -3.48. The van der Waals surface area contributed by atoms with E-state index in [4.69, 9.17) is 4.74 Å². The molecule has 0 saturated carbocycles. The number of nitrogens with one attached hydrogen (secondary N) is 1. The predicted molar refractivity (Wildman–Crippen MR) is 108 cm³/mol. The smallest absolute Gasteiger partial charge is 0.258 e. The summed E-state index contributed by atoms with van der Waals surface area (Å²) in [6, 6.07) is 14.8. The van der Waals surface area contributed by atoms with Gasteiger partial charge in [-0.15, -0.1) is 0 Å². The third kappa shape index (κ3) is 5.99. The number of hydrogen-bond donors (Lipinski definition) is 1. The van der Waals surface area contributed by atoms with Gasteiger partial charge in [0.1, 0.15) is 5.75 Å². The number of aryl methyl sites for hydroxylation is 2. The molecule has 146 valence electrons. The van der Waals surface area contributed by atoms with Crippen molar-refractivity contribution in [3.05, 3.63) is 59.7 Å². The van der Waals surface area contributed by atoms with E-state index in [2.05, 4.69) is 5.32 Å². The van der Waals surface area contributed by atoms with Gasteiger partial charge in [-0.25, -0.2) is 8.42 Å². The zero-order valence-electron chi connectivity index (χ0n) is 15.9. The van der Waals surface area contributed by atoms with Gasteiger partial charge in [0.15, 0.2) is 6.61 Å². The molecule has 0 aromatic heterocycles. The number of carbonyl (C=O) groups is 1. The summed E-state index contributed by atoms with van der Waals surface area (Å²) in [7, 11) is -3.48. The Bertz CT molecular complexity index is 867. The quantitative estimate of drug-likeness (QED) is 0.714. The van der Waals surface area contributed by atoms with E-state index in [-0.39, 0.29) is 25.6 Å². The summed E-state index contributed by atoms with van der Waals surface area (Å²) in [6.07, 6.45) is 1.90. The van der Waals surface area contributed by atoms with E-state index < -0.39 is 10.0 Å². The normalized spacial score (nSPS) is 11.1. The van der Waals surface area contributed by atoms with Gasteiger partial charge in [-0.2, -0.15) is 0 Å². The molecule has 0 aliphatic heterocycles. The first-order chi connectivity index (χ1) is 12.8. The van der Waals surface area contributed by atoms with Gasteiger partial charge >= 0.3 is 0 Å². The lowest BCUT2D eigenvalue weighted by Gasteiger charge is -2.26. The first-order valence-electron chi connectivity index (χ1n) is 8.83. The molecule has 0 spiro atoms. The van der Waals surface area contributed by atoms with Crippen LogP contribution in [0.3, 0.4) is 0 Å². The molecule has 0 saturated heterocycles. The Morgan fingerprint density at radius 3 is 2.44 bits per heavy atom. The fourth-order valence-corrected chi connectivity index (χ4v) is 3.83. The lowest BCUT2D eigenvalue weighted by Crippen LogP contribution is -2.40. The standard InChI is InChI=1S/C20H26N2O4S/c1-4-17-10-8-9-16(2)20(17)22(27(3,24)25)14-13-21-19(23)15-26-18-11-6-5-7-12-18/h5-12H,4,13-15H2,1-3H3,(H,21,23). The molecule has 1 amide bonds. The summed E-state index contributed by atoms with van der Waals surface area (Å²) in [5.41, 5.74) is 2.54. The average molecular weight is 391 g/mol. The number of ether oxygens (including phenoxy) is 1. The van der Waals surface area contributed by atoms with Crippen LogP contribution in [0.5, 0.6) is 5.75 Å².